The van der Waals surface area contributed by atoms with E-state index in [9.17, 15) is 9.59 Å². The summed E-state index contributed by atoms with van der Waals surface area (Å²) in [5.74, 6) is -0.145. The van der Waals surface area contributed by atoms with Gasteiger partial charge in [-0.15, -0.1) is 0 Å². The van der Waals surface area contributed by atoms with Gasteiger partial charge in [0.2, 0.25) is 0 Å². The van der Waals surface area contributed by atoms with Gasteiger partial charge >= 0.3 is 11.6 Å². The summed E-state index contributed by atoms with van der Waals surface area (Å²) in [5, 5.41) is 8.51. The smallest absolute Gasteiger partial charge is 0.339 e. The number of carbonyl (C=O) groups is 1. The van der Waals surface area contributed by atoms with Gasteiger partial charge in [-0.1, -0.05) is 0 Å². The Bertz CT molecular complexity index is 418. The topological polar surface area (TPSA) is 76.7 Å². The number of carboxylic acids is 1. The molecule has 15 heavy (non-hydrogen) atoms. The van der Waals surface area contributed by atoms with Gasteiger partial charge in [0, 0.05) is 12.0 Å². The van der Waals surface area contributed by atoms with Crippen LogP contribution in [-0.4, -0.2) is 18.2 Å². The molecule has 0 fully saturated rings. The van der Waals surface area contributed by atoms with Crippen molar-refractivity contribution in [3.05, 3.63) is 27.8 Å². The van der Waals surface area contributed by atoms with Gasteiger partial charge in [-0.2, -0.15) is 0 Å². The van der Waals surface area contributed by atoms with E-state index >= 15 is 0 Å². The molecule has 0 spiro atoms. The van der Waals surface area contributed by atoms with E-state index in [2.05, 4.69) is 0 Å². The maximum absolute atomic E-state index is 11.1. The van der Waals surface area contributed by atoms with Crippen molar-refractivity contribution in [3.63, 3.8) is 0 Å². The zero-order valence-corrected chi connectivity index (χ0v) is 8.57. The monoisotopic (exact) mass is 212 g/mol. The van der Waals surface area contributed by atoms with Gasteiger partial charge in [0.25, 0.3) is 0 Å². The van der Waals surface area contributed by atoms with E-state index in [1.807, 2.05) is 0 Å². The highest BCUT2D eigenvalue weighted by molar-refractivity contribution is 5.67. The van der Waals surface area contributed by atoms with E-state index in [1.54, 1.807) is 6.92 Å². The molecule has 0 aliphatic carbocycles. The van der Waals surface area contributed by atoms with Crippen LogP contribution in [0.1, 0.15) is 17.7 Å². The van der Waals surface area contributed by atoms with Crippen molar-refractivity contribution in [2.24, 2.45) is 0 Å². The summed E-state index contributed by atoms with van der Waals surface area (Å²) < 4.78 is 9.87. The van der Waals surface area contributed by atoms with Crippen molar-refractivity contribution in [3.8, 4) is 5.75 Å². The number of methoxy groups -OCH3 is 1. The molecule has 5 nitrogen and oxygen atoms in total. The summed E-state index contributed by atoms with van der Waals surface area (Å²) in [6.45, 7) is 1.72. The lowest BCUT2D eigenvalue weighted by molar-refractivity contribution is -0.137. The summed E-state index contributed by atoms with van der Waals surface area (Å²) in [6.07, 6.45) is 0.116. The number of rotatable bonds is 4. The minimum atomic E-state index is -0.931. The second-order valence-corrected chi connectivity index (χ2v) is 3.08. The summed E-state index contributed by atoms with van der Waals surface area (Å²) in [7, 11) is 1.45. The maximum atomic E-state index is 11.1. The molecule has 0 bridgehead atoms. The third-order valence-electron chi connectivity index (χ3n) is 2.05. The molecule has 0 aliphatic heterocycles. The SMILES string of the molecule is COc1cc(=O)oc(CCC(=O)O)c1C. The van der Waals surface area contributed by atoms with Crippen molar-refractivity contribution in [1.82, 2.24) is 0 Å². The molecule has 5 heteroatoms. The molecule has 0 aromatic carbocycles. The van der Waals surface area contributed by atoms with E-state index in [1.165, 1.54) is 13.2 Å². The second-order valence-electron chi connectivity index (χ2n) is 3.08. The Morgan fingerprint density at radius 1 is 1.60 bits per heavy atom. The average molecular weight is 212 g/mol. The third kappa shape index (κ3) is 2.83. The molecular formula is C10H12O5. The molecule has 1 N–H and O–H groups in total. The molecule has 0 amide bonds. The van der Waals surface area contributed by atoms with Crippen molar-refractivity contribution < 1.29 is 19.1 Å². The molecule has 0 atom stereocenters. The molecule has 0 unspecified atom stereocenters. The normalized spacial score (nSPS) is 10.0. The third-order valence-corrected chi connectivity index (χ3v) is 2.05. The predicted molar refractivity (Wildman–Crippen MR) is 52.2 cm³/mol. The Balaban J connectivity index is 3.01. The quantitative estimate of drug-likeness (QED) is 0.804. The fourth-order valence-electron chi connectivity index (χ4n) is 1.25. The molecule has 1 heterocycles. The zero-order chi connectivity index (χ0) is 11.4. The van der Waals surface area contributed by atoms with Crippen LogP contribution in [0.2, 0.25) is 0 Å². The first-order valence-electron chi connectivity index (χ1n) is 4.44. The van der Waals surface area contributed by atoms with Crippen molar-refractivity contribution >= 4 is 5.97 Å². The van der Waals surface area contributed by atoms with Crippen LogP contribution in [0.3, 0.4) is 0 Å². The fraction of sp³-hybridized carbons (Fsp3) is 0.400. The van der Waals surface area contributed by atoms with Gasteiger partial charge in [0.05, 0.1) is 19.6 Å². The first-order valence-corrected chi connectivity index (χ1v) is 4.44. The van der Waals surface area contributed by atoms with Gasteiger partial charge in [-0.3, -0.25) is 4.79 Å². The van der Waals surface area contributed by atoms with Crippen LogP contribution in [0.15, 0.2) is 15.3 Å². The van der Waals surface area contributed by atoms with Gasteiger partial charge < -0.3 is 14.3 Å². The number of aryl methyl sites for hydroxylation is 1. The first kappa shape index (κ1) is 11.3. The van der Waals surface area contributed by atoms with E-state index in [-0.39, 0.29) is 12.8 Å². The van der Waals surface area contributed by atoms with Gasteiger partial charge in [-0.25, -0.2) is 4.79 Å². The number of hydrogen-bond acceptors (Lipinski definition) is 4. The standard InChI is InChI=1S/C10H12O5/c1-6-7(3-4-9(11)12)15-10(13)5-8(6)14-2/h5H,3-4H2,1-2H3,(H,11,12). The Morgan fingerprint density at radius 3 is 2.80 bits per heavy atom. The molecule has 1 rings (SSSR count). The van der Waals surface area contributed by atoms with Gasteiger partial charge in [0.15, 0.2) is 0 Å². The van der Waals surface area contributed by atoms with Gasteiger partial charge in [-0.05, 0) is 6.92 Å². The summed E-state index contributed by atoms with van der Waals surface area (Å²) in [6, 6.07) is 1.24. The molecule has 1 aromatic heterocycles. The molecule has 0 radical (unpaired) electrons. The largest absolute Gasteiger partial charge is 0.496 e. The van der Waals surface area contributed by atoms with E-state index in [0.717, 1.165) is 0 Å². The van der Waals surface area contributed by atoms with Crippen molar-refractivity contribution in [2.45, 2.75) is 19.8 Å². The van der Waals surface area contributed by atoms with E-state index in [0.29, 0.717) is 17.1 Å². The Labute approximate surface area is 86.3 Å². The Hall–Kier alpha value is -1.78. The molecule has 0 saturated heterocycles. The van der Waals surface area contributed by atoms with Crippen LogP contribution in [0, 0.1) is 6.92 Å². The number of carboxylic acid groups (broad SMARTS) is 1. The zero-order valence-electron chi connectivity index (χ0n) is 8.57. The molecular weight excluding hydrogens is 200 g/mol. The maximum Gasteiger partial charge on any atom is 0.339 e. The molecule has 82 valence electrons. The van der Waals surface area contributed by atoms with Crippen LogP contribution >= 0.6 is 0 Å². The molecule has 1 aromatic rings. The Kier molecular flexibility index (Phi) is 3.49. The van der Waals surface area contributed by atoms with Crippen molar-refractivity contribution in [1.29, 1.82) is 0 Å². The average Bonchev–Trinajstić information content (AvgIpc) is 2.18. The summed E-state index contributed by atoms with van der Waals surface area (Å²) in [5.41, 5.74) is 0.135. The van der Waals surface area contributed by atoms with Crippen LogP contribution in [0.5, 0.6) is 5.75 Å². The molecule has 0 aliphatic rings. The Morgan fingerprint density at radius 2 is 2.27 bits per heavy atom. The van der Waals surface area contributed by atoms with Gasteiger partial charge in [0.1, 0.15) is 11.5 Å². The van der Waals surface area contributed by atoms with Crippen LogP contribution in [0.4, 0.5) is 0 Å². The fourth-order valence-corrected chi connectivity index (χ4v) is 1.25. The first-order chi connectivity index (χ1) is 7.04. The summed E-state index contributed by atoms with van der Waals surface area (Å²) in [4.78, 5) is 21.4. The lowest BCUT2D eigenvalue weighted by Crippen LogP contribution is -2.06. The second kappa shape index (κ2) is 4.63. The minimum Gasteiger partial charge on any atom is -0.496 e. The van der Waals surface area contributed by atoms with Crippen molar-refractivity contribution in [2.75, 3.05) is 7.11 Å². The lowest BCUT2D eigenvalue weighted by atomic mass is 10.1. The van der Waals surface area contributed by atoms with E-state index in [4.69, 9.17) is 14.3 Å². The van der Waals surface area contributed by atoms with E-state index < -0.39 is 11.6 Å². The molecule has 0 saturated carbocycles. The number of hydrogen-bond donors (Lipinski definition) is 1. The highest BCUT2D eigenvalue weighted by Crippen LogP contribution is 2.19. The minimum absolute atomic E-state index is 0.0725. The number of aliphatic carboxylic acids is 1. The highest BCUT2D eigenvalue weighted by atomic mass is 16.5. The highest BCUT2D eigenvalue weighted by Gasteiger charge is 2.10. The predicted octanol–water partition coefficient (Wildman–Crippen LogP) is 0.974. The summed E-state index contributed by atoms with van der Waals surface area (Å²) >= 11 is 0. The number of ether oxygens (including phenoxy) is 1. The lowest BCUT2D eigenvalue weighted by Gasteiger charge is -2.06. The van der Waals surface area contributed by atoms with Crippen LogP contribution in [-0.2, 0) is 11.2 Å². The van der Waals surface area contributed by atoms with Crippen LogP contribution in [0.25, 0.3) is 0 Å². The van der Waals surface area contributed by atoms with Crippen LogP contribution < -0.4 is 10.4 Å².